The Hall–Kier alpha value is -2.39. The van der Waals surface area contributed by atoms with Crippen molar-refractivity contribution in [2.45, 2.75) is 4.90 Å². The van der Waals surface area contributed by atoms with E-state index in [1.807, 2.05) is 0 Å². The topological polar surface area (TPSA) is 89.9 Å². The van der Waals surface area contributed by atoms with Crippen LogP contribution in [0.3, 0.4) is 0 Å². The SMILES string of the molecule is CS(=O)(=O)c1ccc(Oc2cc(F)c(F)cc2OCC(=O)O)c(Cl)c1. The maximum absolute atomic E-state index is 13.4. The maximum atomic E-state index is 13.4. The van der Waals surface area contributed by atoms with Crippen molar-refractivity contribution in [2.24, 2.45) is 0 Å². The standard InChI is InChI=1S/C15H11ClF2O6S/c1-25(21,22)8-2-3-12(9(16)4-8)24-14-6-11(18)10(17)5-13(14)23-7-15(19)20/h2-6H,7H2,1H3,(H,19,20). The molecule has 134 valence electrons. The van der Waals surface area contributed by atoms with Gasteiger partial charge in [-0.1, -0.05) is 11.6 Å². The van der Waals surface area contributed by atoms with Crippen LogP contribution in [0.1, 0.15) is 0 Å². The Morgan fingerprint density at radius 3 is 2.24 bits per heavy atom. The maximum Gasteiger partial charge on any atom is 0.341 e. The van der Waals surface area contributed by atoms with Gasteiger partial charge in [0.15, 0.2) is 39.6 Å². The van der Waals surface area contributed by atoms with Crippen LogP contribution in [0.5, 0.6) is 17.2 Å². The van der Waals surface area contributed by atoms with Crippen molar-refractivity contribution in [3.8, 4) is 17.2 Å². The third kappa shape index (κ3) is 4.80. The summed E-state index contributed by atoms with van der Waals surface area (Å²) in [6.45, 7) is -0.803. The molecule has 0 heterocycles. The number of carboxylic acids is 1. The molecule has 0 bridgehead atoms. The lowest BCUT2D eigenvalue weighted by atomic mass is 10.3. The third-order valence-corrected chi connectivity index (χ3v) is 4.29. The molecule has 0 unspecified atom stereocenters. The smallest absolute Gasteiger partial charge is 0.341 e. The van der Waals surface area contributed by atoms with Gasteiger partial charge < -0.3 is 14.6 Å². The zero-order chi connectivity index (χ0) is 18.8. The Kier molecular flexibility index (Phi) is 5.48. The van der Waals surface area contributed by atoms with Gasteiger partial charge in [0, 0.05) is 18.4 Å². The van der Waals surface area contributed by atoms with Crippen molar-refractivity contribution in [2.75, 3.05) is 12.9 Å². The summed E-state index contributed by atoms with van der Waals surface area (Å²) in [5.41, 5.74) is 0. The molecule has 0 fully saturated rings. The van der Waals surface area contributed by atoms with Gasteiger partial charge in [-0.05, 0) is 18.2 Å². The van der Waals surface area contributed by atoms with Gasteiger partial charge >= 0.3 is 5.97 Å². The first-order valence-corrected chi connectivity index (χ1v) is 8.86. The molecular formula is C15H11ClF2O6S. The molecule has 0 aliphatic heterocycles. The molecule has 10 heteroatoms. The zero-order valence-electron chi connectivity index (χ0n) is 12.6. The number of benzene rings is 2. The number of hydrogen-bond acceptors (Lipinski definition) is 5. The number of carbonyl (C=O) groups is 1. The lowest BCUT2D eigenvalue weighted by Gasteiger charge is -2.13. The second-order valence-corrected chi connectivity index (χ2v) is 7.28. The monoisotopic (exact) mass is 392 g/mol. The van der Waals surface area contributed by atoms with E-state index >= 15 is 0 Å². The molecule has 0 atom stereocenters. The highest BCUT2D eigenvalue weighted by Gasteiger charge is 2.17. The van der Waals surface area contributed by atoms with Crippen LogP contribution in [0, 0.1) is 11.6 Å². The number of halogens is 3. The molecule has 2 aromatic rings. The molecule has 2 rings (SSSR count). The summed E-state index contributed by atoms with van der Waals surface area (Å²) >= 11 is 5.94. The van der Waals surface area contributed by atoms with Crippen LogP contribution < -0.4 is 9.47 Å². The fourth-order valence-corrected chi connectivity index (χ4v) is 2.69. The normalized spacial score (nSPS) is 11.2. The summed E-state index contributed by atoms with van der Waals surface area (Å²) in [6.07, 6.45) is 0.992. The summed E-state index contributed by atoms with van der Waals surface area (Å²) < 4.78 is 59.9. The summed E-state index contributed by atoms with van der Waals surface area (Å²) in [5, 5.41) is 8.52. The zero-order valence-corrected chi connectivity index (χ0v) is 14.2. The van der Waals surface area contributed by atoms with Crippen molar-refractivity contribution in [1.82, 2.24) is 0 Å². The minimum Gasteiger partial charge on any atom is -0.479 e. The highest BCUT2D eigenvalue weighted by molar-refractivity contribution is 7.90. The Labute approximate surface area is 146 Å². The molecule has 6 nitrogen and oxygen atoms in total. The van der Waals surface area contributed by atoms with Crippen LogP contribution in [-0.4, -0.2) is 32.4 Å². The molecule has 0 saturated heterocycles. The second kappa shape index (κ2) is 7.24. The van der Waals surface area contributed by atoms with E-state index in [1.54, 1.807) is 0 Å². The Balaban J connectivity index is 2.39. The molecule has 0 spiro atoms. The van der Waals surface area contributed by atoms with Crippen LogP contribution in [0.25, 0.3) is 0 Å². The first kappa shape index (κ1) is 18.9. The number of carboxylic acid groups (broad SMARTS) is 1. The van der Waals surface area contributed by atoms with Gasteiger partial charge in [-0.25, -0.2) is 22.0 Å². The largest absolute Gasteiger partial charge is 0.479 e. The molecule has 0 radical (unpaired) electrons. The Morgan fingerprint density at radius 1 is 1.12 bits per heavy atom. The van der Waals surface area contributed by atoms with Gasteiger partial charge in [-0.3, -0.25) is 0 Å². The highest BCUT2D eigenvalue weighted by atomic mass is 35.5. The number of aliphatic carboxylic acids is 1. The number of rotatable bonds is 6. The van der Waals surface area contributed by atoms with Crippen molar-refractivity contribution in [1.29, 1.82) is 0 Å². The summed E-state index contributed by atoms with van der Waals surface area (Å²) in [6, 6.07) is 4.86. The van der Waals surface area contributed by atoms with E-state index in [9.17, 15) is 22.0 Å². The molecule has 25 heavy (non-hydrogen) atoms. The van der Waals surface area contributed by atoms with E-state index in [4.69, 9.17) is 26.2 Å². The van der Waals surface area contributed by atoms with Gasteiger partial charge in [-0.15, -0.1) is 0 Å². The first-order valence-electron chi connectivity index (χ1n) is 6.59. The van der Waals surface area contributed by atoms with E-state index in [1.165, 1.54) is 12.1 Å². The van der Waals surface area contributed by atoms with Crippen LogP contribution in [0.4, 0.5) is 8.78 Å². The predicted molar refractivity (Wildman–Crippen MR) is 84.1 cm³/mol. The van der Waals surface area contributed by atoms with Gasteiger partial charge in [0.1, 0.15) is 5.75 Å². The van der Waals surface area contributed by atoms with Crippen molar-refractivity contribution in [3.05, 3.63) is 47.0 Å². The van der Waals surface area contributed by atoms with Crippen LogP contribution in [0.2, 0.25) is 5.02 Å². The molecule has 0 aromatic heterocycles. The van der Waals surface area contributed by atoms with Gasteiger partial charge in [-0.2, -0.15) is 0 Å². The van der Waals surface area contributed by atoms with Gasteiger partial charge in [0.25, 0.3) is 0 Å². The second-order valence-electron chi connectivity index (χ2n) is 4.86. The Morgan fingerprint density at radius 2 is 1.72 bits per heavy atom. The fourth-order valence-electron chi connectivity index (χ4n) is 1.76. The lowest BCUT2D eigenvalue weighted by molar-refractivity contribution is -0.139. The number of ether oxygens (including phenoxy) is 2. The van der Waals surface area contributed by atoms with E-state index in [2.05, 4.69) is 0 Å². The first-order chi connectivity index (χ1) is 11.6. The number of sulfone groups is 1. The molecule has 0 aliphatic carbocycles. The number of hydrogen-bond donors (Lipinski definition) is 1. The van der Waals surface area contributed by atoms with E-state index in [0.29, 0.717) is 12.1 Å². The van der Waals surface area contributed by atoms with E-state index in [0.717, 1.165) is 12.3 Å². The molecular weight excluding hydrogens is 382 g/mol. The highest BCUT2D eigenvalue weighted by Crippen LogP contribution is 2.37. The van der Waals surface area contributed by atoms with E-state index in [-0.39, 0.29) is 27.2 Å². The van der Waals surface area contributed by atoms with Crippen molar-refractivity contribution >= 4 is 27.4 Å². The fraction of sp³-hybridized carbons (Fsp3) is 0.133. The van der Waals surface area contributed by atoms with E-state index < -0.39 is 34.0 Å². The van der Waals surface area contributed by atoms with Crippen LogP contribution >= 0.6 is 11.6 Å². The van der Waals surface area contributed by atoms with Gasteiger partial charge in [0.2, 0.25) is 0 Å². The summed E-state index contributed by atoms with van der Waals surface area (Å²) in [7, 11) is -3.49. The lowest BCUT2D eigenvalue weighted by Crippen LogP contribution is -2.10. The molecule has 0 aliphatic rings. The van der Waals surface area contributed by atoms with Crippen LogP contribution in [-0.2, 0) is 14.6 Å². The molecule has 0 saturated carbocycles. The summed E-state index contributed by atoms with van der Waals surface area (Å²) in [5.74, 6) is -4.57. The predicted octanol–water partition coefficient (Wildman–Crippen LogP) is 3.28. The van der Waals surface area contributed by atoms with Gasteiger partial charge in [0.05, 0.1) is 9.92 Å². The summed E-state index contributed by atoms with van der Waals surface area (Å²) in [4.78, 5) is 10.5. The van der Waals surface area contributed by atoms with Crippen LogP contribution in [0.15, 0.2) is 35.2 Å². The van der Waals surface area contributed by atoms with Crippen molar-refractivity contribution in [3.63, 3.8) is 0 Å². The molecule has 2 aromatic carbocycles. The quantitative estimate of drug-likeness (QED) is 0.811. The minimum atomic E-state index is -3.49. The average Bonchev–Trinajstić information content (AvgIpc) is 2.50. The Bertz CT molecular complexity index is 930. The third-order valence-electron chi connectivity index (χ3n) is 2.89. The molecule has 1 N–H and O–H groups in total. The molecule has 0 amide bonds. The minimum absolute atomic E-state index is 0.0553. The van der Waals surface area contributed by atoms with Crippen molar-refractivity contribution < 1.29 is 36.6 Å². The average molecular weight is 393 g/mol.